The summed E-state index contributed by atoms with van der Waals surface area (Å²) in [7, 11) is -0.346. The molecule has 0 saturated heterocycles. The highest BCUT2D eigenvalue weighted by molar-refractivity contribution is 7.92. The first-order valence-electron chi connectivity index (χ1n) is 6.32. The first-order chi connectivity index (χ1) is 8.15. The second-order valence-electron chi connectivity index (χ2n) is 5.78. The van der Waals surface area contributed by atoms with E-state index in [9.17, 15) is 13.2 Å². The fourth-order valence-corrected chi connectivity index (χ4v) is 5.16. The second kappa shape index (κ2) is 5.57. The third-order valence-corrected chi connectivity index (χ3v) is 5.96. The standard InChI is InChI=1S/C12H24N2O3S/c1-8-5-9(2)12(10(13)6-8)18(16,17)7-11(15)14(3)4/h8-10,12H,5-7,13H2,1-4H3. The summed E-state index contributed by atoms with van der Waals surface area (Å²) in [4.78, 5) is 12.9. The summed E-state index contributed by atoms with van der Waals surface area (Å²) in [5.74, 6) is -0.348. The molecule has 2 N–H and O–H groups in total. The van der Waals surface area contributed by atoms with Gasteiger partial charge < -0.3 is 10.6 Å². The van der Waals surface area contributed by atoms with Crippen LogP contribution in [-0.2, 0) is 14.6 Å². The predicted octanol–water partition coefficient (Wildman–Crippen LogP) is 0.251. The Labute approximate surface area is 110 Å². The van der Waals surface area contributed by atoms with Gasteiger partial charge in [0.2, 0.25) is 5.91 Å². The molecule has 5 nitrogen and oxygen atoms in total. The van der Waals surface area contributed by atoms with Crippen molar-refractivity contribution in [3.05, 3.63) is 0 Å². The van der Waals surface area contributed by atoms with Gasteiger partial charge in [-0.15, -0.1) is 0 Å². The summed E-state index contributed by atoms with van der Waals surface area (Å²) < 4.78 is 24.6. The van der Waals surface area contributed by atoms with Crippen LogP contribution < -0.4 is 5.73 Å². The normalized spacial score (nSPS) is 33.2. The zero-order valence-electron chi connectivity index (χ0n) is 11.6. The third kappa shape index (κ3) is 3.45. The minimum atomic E-state index is -3.47. The zero-order chi connectivity index (χ0) is 14.1. The Hall–Kier alpha value is -0.620. The number of sulfone groups is 1. The van der Waals surface area contributed by atoms with E-state index in [1.807, 2.05) is 6.92 Å². The molecule has 0 bridgehead atoms. The molecule has 1 fully saturated rings. The average molecular weight is 276 g/mol. The summed E-state index contributed by atoms with van der Waals surface area (Å²) in [5, 5.41) is -0.586. The monoisotopic (exact) mass is 276 g/mol. The lowest BCUT2D eigenvalue weighted by Crippen LogP contribution is -2.51. The van der Waals surface area contributed by atoms with Crippen LogP contribution in [0.25, 0.3) is 0 Å². The highest BCUT2D eigenvalue weighted by Gasteiger charge is 2.41. The number of nitrogens with two attached hydrogens (primary N) is 1. The van der Waals surface area contributed by atoms with E-state index < -0.39 is 20.8 Å². The van der Waals surface area contributed by atoms with E-state index in [1.54, 1.807) is 14.1 Å². The fraction of sp³-hybridized carbons (Fsp3) is 0.917. The van der Waals surface area contributed by atoms with Crippen LogP contribution in [0.4, 0.5) is 0 Å². The van der Waals surface area contributed by atoms with E-state index >= 15 is 0 Å². The van der Waals surface area contributed by atoms with Crippen molar-refractivity contribution in [1.29, 1.82) is 0 Å². The molecule has 0 aromatic carbocycles. The molecule has 1 aliphatic rings. The van der Waals surface area contributed by atoms with Crippen LogP contribution in [-0.4, -0.2) is 50.4 Å². The summed E-state index contributed by atoms with van der Waals surface area (Å²) in [6, 6.07) is -0.358. The van der Waals surface area contributed by atoms with E-state index in [0.29, 0.717) is 12.3 Å². The highest BCUT2D eigenvalue weighted by Crippen LogP contribution is 2.32. The smallest absolute Gasteiger partial charge is 0.237 e. The molecule has 0 radical (unpaired) electrons. The van der Waals surface area contributed by atoms with E-state index in [0.717, 1.165) is 6.42 Å². The molecule has 18 heavy (non-hydrogen) atoms. The molecule has 0 aromatic heterocycles. The lowest BCUT2D eigenvalue weighted by Gasteiger charge is -2.37. The van der Waals surface area contributed by atoms with Gasteiger partial charge in [0.05, 0.1) is 5.25 Å². The molecule has 0 heterocycles. The molecule has 0 aliphatic heterocycles. The molecule has 4 atom stereocenters. The minimum Gasteiger partial charge on any atom is -0.348 e. The first-order valence-corrected chi connectivity index (χ1v) is 8.04. The lowest BCUT2D eigenvalue weighted by atomic mass is 9.80. The Bertz CT molecular complexity index is 394. The van der Waals surface area contributed by atoms with Gasteiger partial charge in [-0.1, -0.05) is 13.8 Å². The SMILES string of the molecule is CC1CC(C)C(S(=O)(=O)CC(=O)N(C)C)C(N)C1. The molecular weight excluding hydrogens is 252 g/mol. The Balaban J connectivity index is 2.87. The van der Waals surface area contributed by atoms with Gasteiger partial charge >= 0.3 is 0 Å². The van der Waals surface area contributed by atoms with Crippen LogP contribution in [0.3, 0.4) is 0 Å². The molecule has 4 unspecified atom stereocenters. The number of carbonyl (C=O) groups excluding carboxylic acids is 1. The van der Waals surface area contributed by atoms with Crippen molar-refractivity contribution >= 4 is 15.7 Å². The molecule has 0 aromatic rings. The Morgan fingerprint density at radius 3 is 2.28 bits per heavy atom. The summed E-state index contributed by atoms with van der Waals surface area (Å²) in [5.41, 5.74) is 5.99. The largest absolute Gasteiger partial charge is 0.348 e. The zero-order valence-corrected chi connectivity index (χ0v) is 12.4. The number of hydrogen-bond donors (Lipinski definition) is 1. The topological polar surface area (TPSA) is 80.5 Å². The summed E-state index contributed by atoms with van der Waals surface area (Å²) in [6.07, 6.45) is 1.57. The second-order valence-corrected chi connectivity index (χ2v) is 7.94. The molecule has 1 aliphatic carbocycles. The number of rotatable bonds is 3. The Morgan fingerprint density at radius 2 is 1.83 bits per heavy atom. The van der Waals surface area contributed by atoms with Crippen molar-refractivity contribution in [2.45, 2.75) is 38.0 Å². The molecule has 0 spiro atoms. The van der Waals surface area contributed by atoms with Crippen LogP contribution >= 0.6 is 0 Å². The van der Waals surface area contributed by atoms with E-state index in [2.05, 4.69) is 6.92 Å². The van der Waals surface area contributed by atoms with Crippen LogP contribution in [0.5, 0.6) is 0 Å². The maximum atomic E-state index is 12.3. The van der Waals surface area contributed by atoms with Gasteiger partial charge in [0, 0.05) is 20.1 Å². The average Bonchev–Trinajstić information content (AvgIpc) is 2.13. The highest BCUT2D eigenvalue weighted by atomic mass is 32.2. The van der Waals surface area contributed by atoms with Gasteiger partial charge in [0.1, 0.15) is 5.75 Å². The third-order valence-electron chi connectivity index (χ3n) is 3.67. The number of nitrogens with zero attached hydrogens (tertiary/aromatic N) is 1. The molecule has 1 saturated carbocycles. The van der Waals surface area contributed by atoms with Gasteiger partial charge in [-0.2, -0.15) is 0 Å². The van der Waals surface area contributed by atoms with Crippen molar-refractivity contribution in [1.82, 2.24) is 4.90 Å². The van der Waals surface area contributed by atoms with Gasteiger partial charge in [-0.25, -0.2) is 8.42 Å². The lowest BCUT2D eigenvalue weighted by molar-refractivity contribution is -0.125. The van der Waals surface area contributed by atoms with Crippen molar-refractivity contribution in [2.24, 2.45) is 17.6 Å². The number of hydrogen-bond acceptors (Lipinski definition) is 4. The summed E-state index contributed by atoms with van der Waals surface area (Å²) in [6.45, 7) is 4.00. The Morgan fingerprint density at radius 1 is 1.28 bits per heavy atom. The molecule has 106 valence electrons. The van der Waals surface area contributed by atoms with E-state index in [1.165, 1.54) is 4.90 Å². The van der Waals surface area contributed by atoms with E-state index in [-0.39, 0.29) is 17.9 Å². The number of carbonyl (C=O) groups is 1. The van der Waals surface area contributed by atoms with Crippen molar-refractivity contribution in [2.75, 3.05) is 19.8 Å². The molecule has 1 rings (SSSR count). The molecular formula is C12H24N2O3S. The maximum absolute atomic E-state index is 12.3. The minimum absolute atomic E-state index is 0.0173. The quantitative estimate of drug-likeness (QED) is 0.801. The van der Waals surface area contributed by atoms with E-state index in [4.69, 9.17) is 5.73 Å². The fourth-order valence-electron chi connectivity index (χ4n) is 2.90. The van der Waals surface area contributed by atoms with Gasteiger partial charge in [0.15, 0.2) is 9.84 Å². The van der Waals surface area contributed by atoms with Crippen LogP contribution in [0.2, 0.25) is 0 Å². The van der Waals surface area contributed by atoms with Crippen molar-refractivity contribution < 1.29 is 13.2 Å². The Kier molecular flexibility index (Phi) is 4.78. The summed E-state index contributed by atoms with van der Waals surface area (Å²) >= 11 is 0. The van der Waals surface area contributed by atoms with Gasteiger partial charge in [0.25, 0.3) is 0 Å². The van der Waals surface area contributed by atoms with Crippen LogP contribution in [0, 0.1) is 11.8 Å². The maximum Gasteiger partial charge on any atom is 0.237 e. The van der Waals surface area contributed by atoms with Gasteiger partial charge in [-0.3, -0.25) is 4.79 Å². The predicted molar refractivity (Wildman–Crippen MR) is 71.8 cm³/mol. The first kappa shape index (κ1) is 15.4. The van der Waals surface area contributed by atoms with Gasteiger partial charge in [-0.05, 0) is 24.7 Å². The van der Waals surface area contributed by atoms with Crippen LogP contribution in [0.1, 0.15) is 26.7 Å². The molecule has 6 heteroatoms. The van der Waals surface area contributed by atoms with Crippen molar-refractivity contribution in [3.63, 3.8) is 0 Å². The van der Waals surface area contributed by atoms with Crippen molar-refractivity contribution in [3.8, 4) is 0 Å². The van der Waals surface area contributed by atoms with Crippen LogP contribution in [0.15, 0.2) is 0 Å². The number of amides is 1. The molecule has 1 amide bonds.